The van der Waals surface area contributed by atoms with Crippen molar-refractivity contribution in [2.45, 2.75) is 13.3 Å². The van der Waals surface area contributed by atoms with Crippen molar-refractivity contribution in [1.82, 2.24) is 9.97 Å². The first-order valence-electron chi connectivity index (χ1n) is 5.35. The Balaban J connectivity index is 2.48. The van der Waals surface area contributed by atoms with Crippen LogP contribution in [0.25, 0.3) is 11.3 Å². The van der Waals surface area contributed by atoms with Gasteiger partial charge in [-0.05, 0) is 12.0 Å². The number of aryl methyl sites for hydroxylation is 1. The van der Waals surface area contributed by atoms with Gasteiger partial charge in [-0.1, -0.05) is 31.2 Å². The van der Waals surface area contributed by atoms with E-state index in [0.717, 1.165) is 12.0 Å². The summed E-state index contributed by atoms with van der Waals surface area (Å²) in [6.07, 6.45) is 3.63. The predicted octanol–water partition coefficient (Wildman–Crippen LogP) is 2.40. The van der Waals surface area contributed by atoms with E-state index in [1.54, 1.807) is 0 Å². The lowest BCUT2D eigenvalue weighted by Crippen LogP contribution is -2.02. The Morgan fingerprint density at radius 3 is 2.59 bits per heavy atom. The van der Waals surface area contributed by atoms with Gasteiger partial charge in [0.05, 0.1) is 5.69 Å². The van der Waals surface area contributed by atoms with Gasteiger partial charge in [0.1, 0.15) is 11.9 Å². The highest BCUT2D eigenvalue weighted by atomic mass is 16.4. The lowest BCUT2D eigenvalue weighted by Gasteiger charge is -2.05. The van der Waals surface area contributed by atoms with Crippen molar-refractivity contribution in [1.29, 1.82) is 0 Å². The maximum Gasteiger partial charge on any atom is 0.339 e. The van der Waals surface area contributed by atoms with Gasteiger partial charge in [-0.25, -0.2) is 14.8 Å². The van der Waals surface area contributed by atoms with Crippen LogP contribution in [0.4, 0.5) is 0 Å². The normalized spacial score (nSPS) is 10.2. The summed E-state index contributed by atoms with van der Waals surface area (Å²) in [7, 11) is 0. The van der Waals surface area contributed by atoms with E-state index < -0.39 is 5.97 Å². The predicted molar refractivity (Wildman–Crippen MR) is 63.8 cm³/mol. The van der Waals surface area contributed by atoms with Crippen LogP contribution in [0.2, 0.25) is 0 Å². The van der Waals surface area contributed by atoms with Crippen LogP contribution in [-0.4, -0.2) is 21.0 Å². The van der Waals surface area contributed by atoms with E-state index in [1.807, 2.05) is 24.3 Å². The highest BCUT2D eigenvalue weighted by Gasteiger charge is 2.12. The Kier molecular flexibility index (Phi) is 3.14. The van der Waals surface area contributed by atoms with Crippen molar-refractivity contribution < 1.29 is 9.90 Å². The van der Waals surface area contributed by atoms with Gasteiger partial charge in [0, 0.05) is 11.8 Å². The molecule has 0 amide bonds. The monoisotopic (exact) mass is 228 g/mol. The number of nitrogens with zero attached hydrogens (tertiary/aromatic N) is 2. The Hall–Kier alpha value is -2.23. The van der Waals surface area contributed by atoms with E-state index in [-0.39, 0.29) is 5.56 Å². The van der Waals surface area contributed by atoms with Gasteiger partial charge < -0.3 is 5.11 Å². The standard InChI is InChI=1S/C13H12N2O2/c1-2-9-3-5-10(6-4-9)12-11(13(16)17)7-14-8-15-12/h3-8H,2H2,1H3,(H,16,17). The smallest absolute Gasteiger partial charge is 0.339 e. The summed E-state index contributed by atoms with van der Waals surface area (Å²) in [6, 6.07) is 7.72. The molecule has 1 aromatic carbocycles. The maximum atomic E-state index is 11.0. The molecule has 0 spiro atoms. The third-order valence-corrected chi connectivity index (χ3v) is 2.58. The van der Waals surface area contributed by atoms with Crippen molar-refractivity contribution in [2.75, 3.05) is 0 Å². The van der Waals surface area contributed by atoms with Gasteiger partial charge in [-0.3, -0.25) is 0 Å². The van der Waals surface area contributed by atoms with Crippen molar-refractivity contribution in [2.24, 2.45) is 0 Å². The van der Waals surface area contributed by atoms with Crippen LogP contribution < -0.4 is 0 Å². The third kappa shape index (κ3) is 2.30. The minimum atomic E-state index is -1.01. The Morgan fingerprint density at radius 2 is 2.00 bits per heavy atom. The number of hydrogen-bond acceptors (Lipinski definition) is 3. The quantitative estimate of drug-likeness (QED) is 0.876. The summed E-state index contributed by atoms with van der Waals surface area (Å²) in [5.74, 6) is -1.01. The van der Waals surface area contributed by atoms with E-state index >= 15 is 0 Å². The van der Waals surface area contributed by atoms with Crippen LogP contribution in [0.15, 0.2) is 36.8 Å². The van der Waals surface area contributed by atoms with E-state index in [4.69, 9.17) is 5.11 Å². The molecule has 2 aromatic rings. The second kappa shape index (κ2) is 4.74. The van der Waals surface area contributed by atoms with Crippen LogP contribution in [-0.2, 0) is 6.42 Å². The van der Waals surface area contributed by atoms with E-state index in [1.165, 1.54) is 18.1 Å². The summed E-state index contributed by atoms with van der Waals surface area (Å²) < 4.78 is 0. The fourth-order valence-electron chi connectivity index (χ4n) is 1.61. The highest BCUT2D eigenvalue weighted by Crippen LogP contribution is 2.21. The molecule has 4 nitrogen and oxygen atoms in total. The molecule has 0 aliphatic heterocycles. The van der Waals surface area contributed by atoms with Gasteiger partial charge in [-0.2, -0.15) is 0 Å². The number of carboxylic acids is 1. The van der Waals surface area contributed by atoms with Gasteiger partial charge >= 0.3 is 5.97 Å². The fourth-order valence-corrected chi connectivity index (χ4v) is 1.61. The molecule has 17 heavy (non-hydrogen) atoms. The van der Waals surface area contributed by atoms with Crippen molar-refractivity contribution in [3.05, 3.63) is 47.9 Å². The molecular weight excluding hydrogens is 216 g/mol. The van der Waals surface area contributed by atoms with Crippen LogP contribution in [0.3, 0.4) is 0 Å². The second-order valence-corrected chi connectivity index (χ2v) is 3.64. The van der Waals surface area contributed by atoms with E-state index in [9.17, 15) is 4.79 Å². The molecule has 0 unspecified atom stereocenters. The lowest BCUT2D eigenvalue weighted by atomic mass is 10.0. The minimum Gasteiger partial charge on any atom is -0.478 e. The molecule has 1 aromatic heterocycles. The molecule has 4 heteroatoms. The first-order valence-corrected chi connectivity index (χ1v) is 5.35. The zero-order valence-electron chi connectivity index (χ0n) is 9.42. The number of carbonyl (C=O) groups is 1. The van der Waals surface area contributed by atoms with Crippen LogP contribution in [0.1, 0.15) is 22.8 Å². The molecule has 0 radical (unpaired) electrons. The number of aromatic nitrogens is 2. The molecule has 1 N–H and O–H groups in total. The minimum absolute atomic E-state index is 0.122. The van der Waals surface area contributed by atoms with Crippen molar-refractivity contribution >= 4 is 5.97 Å². The average molecular weight is 228 g/mol. The Bertz CT molecular complexity index is 535. The molecule has 0 saturated carbocycles. The van der Waals surface area contributed by atoms with Crippen molar-refractivity contribution in [3.63, 3.8) is 0 Å². The molecule has 1 heterocycles. The van der Waals surface area contributed by atoms with Gasteiger partial charge in [0.25, 0.3) is 0 Å². The van der Waals surface area contributed by atoms with Crippen molar-refractivity contribution in [3.8, 4) is 11.3 Å². The van der Waals surface area contributed by atoms with Gasteiger partial charge in [-0.15, -0.1) is 0 Å². The van der Waals surface area contributed by atoms with Gasteiger partial charge in [0.2, 0.25) is 0 Å². The molecular formula is C13H12N2O2. The average Bonchev–Trinajstić information content (AvgIpc) is 2.39. The maximum absolute atomic E-state index is 11.0. The van der Waals surface area contributed by atoms with E-state index in [0.29, 0.717) is 5.69 Å². The molecule has 0 bridgehead atoms. The largest absolute Gasteiger partial charge is 0.478 e. The number of rotatable bonds is 3. The molecule has 0 atom stereocenters. The summed E-state index contributed by atoms with van der Waals surface area (Å²) in [6.45, 7) is 2.07. The summed E-state index contributed by atoms with van der Waals surface area (Å²) in [4.78, 5) is 18.8. The molecule has 0 aliphatic rings. The molecule has 2 rings (SSSR count). The molecule has 0 fully saturated rings. The Labute approximate surface area is 99.0 Å². The fraction of sp³-hybridized carbons (Fsp3) is 0.154. The number of carboxylic acid groups (broad SMARTS) is 1. The zero-order valence-corrected chi connectivity index (χ0v) is 9.42. The SMILES string of the molecule is CCc1ccc(-c2ncncc2C(=O)O)cc1. The summed E-state index contributed by atoms with van der Waals surface area (Å²) >= 11 is 0. The molecule has 0 aliphatic carbocycles. The highest BCUT2D eigenvalue weighted by molar-refractivity contribution is 5.94. The van der Waals surface area contributed by atoms with Crippen LogP contribution in [0.5, 0.6) is 0 Å². The van der Waals surface area contributed by atoms with Crippen LogP contribution in [0, 0.1) is 0 Å². The summed E-state index contributed by atoms with van der Waals surface area (Å²) in [5, 5.41) is 9.05. The van der Waals surface area contributed by atoms with Crippen LogP contribution >= 0.6 is 0 Å². The van der Waals surface area contributed by atoms with E-state index in [2.05, 4.69) is 16.9 Å². The topological polar surface area (TPSA) is 63.1 Å². The molecule has 0 saturated heterocycles. The second-order valence-electron chi connectivity index (χ2n) is 3.64. The third-order valence-electron chi connectivity index (χ3n) is 2.58. The number of benzene rings is 1. The van der Waals surface area contributed by atoms with Gasteiger partial charge in [0.15, 0.2) is 0 Å². The first-order chi connectivity index (χ1) is 8.22. The number of hydrogen-bond donors (Lipinski definition) is 1. The first kappa shape index (κ1) is 11.3. The summed E-state index contributed by atoms with van der Waals surface area (Å²) in [5.41, 5.74) is 2.58. The Morgan fingerprint density at radius 1 is 1.29 bits per heavy atom. The zero-order chi connectivity index (χ0) is 12.3. The molecule has 86 valence electrons. The number of aromatic carboxylic acids is 1. The lowest BCUT2D eigenvalue weighted by molar-refractivity contribution is 0.0697.